The highest BCUT2D eigenvalue weighted by molar-refractivity contribution is 5.92. The molecule has 1 N–H and O–H groups in total. The second-order valence-electron chi connectivity index (χ2n) is 6.08. The first-order chi connectivity index (χ1) is 12.7. The van der Waals surface area contributed by atoms with Crippen LogP contribution in [0.5, 0.6) is 0 Å². The number of amides is 1. The van der Waals surface area contributed by atoms with Crippen molar-refractivity contribution < 1.29 is 9.53 Å². The van der Waals surface area contributed by atoms with Gasteiger partial charge in [0.25, 0.3) is 11.5 Å². The number of H-pyrrole nitrogens is 1. The molecule has 1 fully saturated rings. The largest absolute Gasteiger partial charge is 0.370 e. The van der Waals surface area contributed by atoms with E-state index in [-0.39, 0.29) is 23.3 Å². The number of aromatic amines is 1. The molecule has 3 heterocycles. The lowest BCUT2D eigenvalue weighted by molar-refractivity contribution is -0.0231. The molecular formula is C19H18N4O3. The van der Waals surface area contributed by atoms with Crippen molar-refractivity contribution in [3.05, 3.63) is 82.5 Å². The van der Waals surface area contributed by atoms with Gasteiger partial charge in [0.1, 0.15) is 11.8 Å². The number of para-hydroxylation sites is 1. The topological polar surface area (TPSA) is 80.2 Å². The Kier molecular flexibility index (Phi) is 4.37. The highest BCUT2D eigenvalue weighted by Gasteiger charge is 2.27. The van der Waals surface area contributed by atoms with Gasteiger partial charge in [-0.3, -0.25) is 19.7 Å². The molecule has 2 aromatic heterocycles. The summed E-state index contributed by atoms with van der Waals surface area (Å²) in [4.78, 5) is 30.9. The van der Waals surface area contributed by atoms with E-state index in [2.05, 4.69) is 10.1 Å². The third-order valence-electron chi connectivity index (χ3n) is 4.38. The molecule has 1 amide bonds. The maximum Gasteiger partial charge on any atom is 0.272 e. The van der Waals surface area contributed by atoms with Crippen LogP contribution in [0.1, 0.15) is 22.2 Å². The molecule has 0 bridgehead atoms. The smallest absolute Gasteiger partial charge is 0.272 e. The van der Waals surface area contributed by atoms with Gasteiger partial charge >= 0.3 is 0 Å². The van der Waals surface area contributed by atoms with Crippen LogP contribution in [0.15, 0.2) is 65.7 Å². The predicted octanol–water partition coefficient (Wildman–Crippen LogP) is 1.77. The van der Waals surface area contributed by atoms with Gasteiger partial charge < -0.3 is 9.64 Å². The van der Waals surface area contributed by atoms with Gasteiger partial charge in [0.2, 0.25) is 0 Å². The van der Waals surface area contributed by atoms with Crippen LogP contribution in [-0.4, -0.2) is 45.3 Å². The van der Waals surface area contributed by atoms with Crippen molar-refractivity contribution in [2.24, 2.45) is 0 Å². The van der Waals surface area contributed by atoms with Crippen LogP contribution in [0.4, 0.5) is 0 Å². The average molecular weight is 350 g/mol. The summed E-state index contributed by atoms with van der Waals surface area (Å²) in [7, 11) is 0. The highest BCUT2D eigenvalue weighted by Crippen LogP contribution is 2.22. The van der Waals surface area contributed by atoms with Gasteiger partial charge in [-0.25, -0.2) is 4.68 Å². The van der Waals surface area contributed by atoms with E-state index in [9.17, 15) is 9.59 Å². The van der Waals surface area contributed by atoms with E-state index in [1.54, 1.807) is 29.4 Å². The van der Waals surface area contributed by atoms with Crippen molar-refractivity contribution in [1.82, 2.24) is 19.7 Å². The van der Waals surface area contributed by atoms with Crippen molar-refractivity contribution in [2.45, 2.75) is 6.10 Å². The zero-order chi connectivity index (χ0) is 17.9. The quantitative estimate of drug-likeness (QED) is 0.781. The van der Waals surface area contributed by atoms with Crippen LogP contribution in [0.2, 0.25) is 0 Å². The molecule has 3 aromatic rings. The van der Waals surface area contributed by atoms with Gasteiger partial charge in [0, 0.05) is 30.6 Å². The zero-order valence-corrected chi connectivity index (χ0v) is 14.0. The van der Waals surface area contributed by atoms with Gasteiger partial charge in [0.05, 0.1) is 18.8 Å². The standard InChI is InChI=1S/C19H18N4O3/c24-18-11-16(21-23(18)15-6-2-1-3-7-15)19(25)22-9-10-26-17(13-22)14-5-4-8-20-12-14/h1-8,11-12,17,21H,9-10,13H2/t17-/m0/s1. The van der Waals surface area contributed by atoms with Crippen molar-refractivity contribution in [3.63, 3.8) is 0 Å². The first kappa shape index (κ1) is 16.3. The molecule has 7 heteroatoms. The van der Waals surface area contributed by atoms with Gasteiger partial charge in [0.15, 0.2) is 0 Å². The van der Waals surface area contributed by atoms with Gasteiger partial charge in [-0.05, 0) is 18.2 Å². The predicted molar refractivity (Wildman–Crippen MR) is 95.2 cm³/mol. The molecule has 1 atom stereocenters. The minimum atomic E-state index is -0.267. The zero-order valence-electron chi connectivity index (χ0n) is 14.0. The van der Waals surface area contributed by atoms with Crippen LogP contribution in [-0.2, 0) is 4.74 Å². The number of aromatic nitrogens is 3. The number of benzene rings is 1. The lowest BCUT2D eigenvalue weighted by Gasteiger charge is -2.32. The van der Waals surface area contributed by atoms with Crippen molar-refractivity contribution in [2.75, 3.05) is 19.7 Å². The maximum atomic E-state index is 12.8. The third kappa shape index (κ3) is 3.16. The molecule has 0 unspecified atom stereocenters. The monoisotopic (exact) mass is 350 g/mol. The van der Waals surface area contributed by atoms with Crippen LogP contribution in [0, 0.1) is 0 Å². The number of ether oxygens (including phenoxy) is 1. The second kappa shape index (κ2) is 6.97. The molecular weight excluding hydrogens is 332 g/mol. The summed E-state index contributed by atoms with van der Waals surface area (Å²) in [5, 5.41) is 2.91. The number of carbonyl (C=O) groups is 1. The lowest BCUT2D eigenvalue weighted by Crippen LogP contribution is -2.42. The van der Waals surface area contributed by atoms with Crippen LogP contribution < -0.4 is 5.56 Å². The van der Waals surface area contributed by atoms with E-state index in [1.807, 2.05) is 30.3 Å². The Balaban J connectivity index is 1.55. The van der Waals surface area contributed by atoms with Crippen LogP contribution in [0.25, 0.3) is 5.69 Å². The summed E-state index contributed by atoms with van der Waals surface area (Å²) in [6.45, 7) is 1.34. The van der Waals surface area contributed by atoms with Crippen LogP contribution in [0.3, 0.4) is 0 Å². The summed E-state index contributed by atoms with van der Waals surface area (Å²) in [5.41, 5.74) is 1.62. The Morgan fingerprint density at radius 3 is 2.81 bits per heavy atom. The first-order valence-corrected chi connectivity index (χ1v) is 8.40. The lowest BCUT2D eigenvalue weighted by atomic mass is 10.1. The van der Waals surface area contributed by atoms with E-state index < -0.39 is 0 Å². The molecule has 0 spiro atoms. The second-order valence-corrected chi connectivity index (χ2v) is 6.08. The van der Waals surface area contributed by atoms with Gasteiger partial charge in [-0.2, -0.15) is 0 Å². The van der Waals surface area contributed by atoms with Crippen LogP contribution >= 0.6 is 0 Å². The molecule has 1 saturated heterocycles. The molecule has 4 rings (SSSR count). The molecule has 132 valence electrons. The number of rotatable bonds is 3. The van der Waals surface area contributed by atoms with Crippen molar-refractivity contribution in [3.8, 4) is 5.69 Å². The summed E-state index contributed by atoms with van der Waals surface area (Å²) in [6, 6.07) is 14.3. The molecule has 1 aromatic carbocycles. The molecule has 0 radical (unpaired) electrons. The number of hydrogen-bond donors (Lipinski definition) is 1. The number of nitrogens with one attached hydrogen (secondary N) is 1. The first-order valence-electron chi connectivity index (χ1n) is 8.40. The molecule has 0 saturated carbocycles. The molecule has 26 heavy (non-hydrogen) atoms. The Morgan fingerprint density at radius 2 is 2.04 bits per heavy atom. The third-order valence-corrected chi connectivity index (χ3v) is 4.38. The fraction of sp³-hybridized carbons (Fsp3) is 0.211. The number of morpholine rings is 1. The fourth-order valence-electron chi connectivity index (χ4n) is 3.05. The van der Waals surface area contributed by atoms with E-state index in [1.165, 1.54) is 10.7 Å². The summed E-state index contributed by atoms with van der Waals surface area (Å²) in [5.74, 6) is -0.214. The van der Waals surface area contributed by atoms with E-state index >= 15 is 0 Å². The summed E-state index contributed by atoms with van der Waals surface area (Å²) >= 11 is 0. The Bertz CT molecular complexity index is 950. The summed E-state index contributed by atoms with van der Waals surface area (Å²) < 4.78 is 7.13. The SMILES string of the molecule is O=C(c1cc(=O)n(-c2ccccc2)[nH]1)N1CCO[C@H](c2cccnc2)C1. The number of carbonyl (C=O) groups excluding carboxylic acids is 1. The summed E-state index contributed by atoms with van der Waals surface area (Å²) in [6.07, 6.45) is 3.22. The Labute approximate surface area is 149 Å². The van der Waals surface area contributed by atoms with E-state index in [4.69, 9.17) is 4.74 Å². The maximum absolute atomic E-state index is 12.8. The van der Waals surface area contributed by atoms with Crippen molar-refractivity contribution in [1.29, 1.82) is 0 Å². The minimum Gasteiger partial charge on any atom is -0.370 e. The average Bonchev–Trinajstić information content (AvgIpc) is 3.10. The molecule has 1 aliphatic rings. The molecule has 0 aliphatic carbocycles. The minimum absolute atomic E-state index is 0.214. The molecule has 1 aliphatic heterocycles. The highest BCUT2D eigenvalue weighted by atomic mass is 16.5. The number of nitrogens with zero attached hydrogens (tertiary/aromatic N) is 3. The fourth-order valence-corrected chi connectivity index (χ4v) is 3.05. The Morgan fingerprint density at radius 1 is 1.19 bits per heavy atom. The Hall–Kier alpha value is -3.19. The van der Waals surface area contributed by atoms with Gasteiger partial charge in [-0.1, -0.05) is 24.3 Å². The van der Waals surface area contributed by atoms with E-state index in [0.29, 0.717) is 25.4 Å². The number of hydrogen-bond acceptors (Lipinski definition) is 4. The molecule has 7 nitrogen and oxygen atoms in total. The normalized spacial score (nSPS) is 17.2. The van der Waals surface area contributed by atoms with Gasteiger partial charge in [-0.15, -0.1) is 0 Å². The van der Waals surface area contributed by atoms with E-state index in [0.717, 1.165) is 5.56 Å². The number of pyridine rings is 1. The van der Waals surface area contributed by atoms with Crippen molar-refractivity contribution >= 4 is 5.91 Å².